The maximum absolute atomic E-state index is 9.44. The van der Waals surface area contributed by atoms with E-state index in [0.29, 0.717) is 0 Å². The maximum Gasteiger partial charge on any atom is 0.126 e. The van der Waals surface area contributed by atoms with E-state index in [0.717, 1.165) is 0 Å². The number of carbonyl (C=O) groups excluding carboxylic acids is 1. The molecule has 0 aliphatic carbocycles. The van der Waals surface area contributed by atoms with Gasteiger partial charge in [0, 0.05) is 0 Å². The molecule has 1 heteroatoms. The summed E-state index contributed by atoms with van der Waals surface area (Å²) in [5.41, 5.74) is 3.87. The van der Waals surface area contributed by atoms with Gasteiger partial charge in [0.25, 0.3) is 0 Å². The van der Waals surface area contributed by atoms with Crippen LogP contribution in [0.25, 0.3) is 11.1 Å². The Balaban J connectivity index is 0.000000317. The van der Waals surface area contributed by atoms with Gasteiger partial charge in [0.15, 0.2) is 0 Å². The predicted octanol–water partition coefficient (Wildman–Crippen LogP) is 4.26. The number of ketones is 1. The van der Waals surface area contributed by atoms with E-state index in [1.807, 2.05) is 6.07 Å². The zero-order chi connectivity index (χ0) is 12.7. The molecular weight excluding hydrogens is 208 g/mol. The first-order chi connectivity index (χ1) is 8.09. The van der Waals surface area contributed by atoms with Crippen LogP contribution in [0.3, 0.4) is 0 Å². The fourth-order valence-corrected chi connectivity index (χ4v) is 1.38. The van der Waals surface area contributed by atoms with E-state index in [1.54, 1.807) is 0 Å². The zero-order valence-corrected chi connectivity index (χ0v) is 10.6. The molecule has 0 aliphatic heterocycles. The molecule has 1 nitrogen and oxygen atoms in total. The number of benzene rings is 2. The highest BCUT2D eigenvalue weighted by Crippen LogP contribution is 2.18. The molecular formula is C16H18O. The molecule has 0 N–H and O–H groups in total. The molecule has 0 aliphatic rings. The fourth-order valence-electron chi connectivity index (χ4n) is 1.38. The normalized spacial score (nSPS) is 9.12. The van der Waals surface area contributed by atoms with Crippen LogP contribution in [-0.2, 0) is 4.79 Å². The highest BCUT2D eigenvalue weighted by atomic mass is 16.1. The minimum absolute atomic E-state index is 0.167. The van der Waals surface area contributed by atoms with Crippen LogP contribution >= 0.6 is 0 Å². The lowest BCUT2D eigenvalue weighted by Crippen LogP contribution is -1.76. The topological polar surface area (TPSA) is 17.1 Å². The minimum Gasteiger partial charge on any atom is -0.300 e. The summed E-state index contributed by atoms with van der Waals surface area (Å²) in [7, 11) is 0. The second-order valence-electron chi connectivity index (χ2n) is 4.14. The second-order valence-corrected chi connectivity index (χ2v) is 4.14. The van der Waals surface area contributed by atoms with Crippen LogP contribution in [0.1, 0.15) is 19.4 Å². The molecule has 0 saturated heterocycles. The highest BCUT2D eigenvalue weighted by molar-refractivity contribution is 5.72. The summed E-state index contributed by atoms with van der Waals surface area (Å²) in [6, 6.07) is 19.0. The van der Waals surface area contributed by atoms with E-state index in [2.05, 4.69) is 55.5 Å². The first-order valence-corrected chi connectivity index (χ1v) is 5.69. The van der Waals surface area contributed by atoms with Crippen molar-refractivity contribution in [3.05, 3.63) is 60.2 Å². The van der Waals surface area contributed by atoms with E-state index in [4.69, 9.17) is 0 Å². The predicted molar refractivity (Wildman–Crippen MR) is 73.0 cm³/mol. The molecule has 0 fully saturated rings. The summed E-state index contributed by atoms with van der Waals surface area (Å²) in [4.78, 5) is 9.44. The molecule has 0 heterocycles. The van der Waals surface area contributed by atoms with Crippen molar-refractivity contribution in [1.29, 1.82) is 0 Å². The first kappa shape index (κ1) is 13.2. The Labute approximate surface area is 103 Å². The first-order valence-electron chi connectivity index (χ1n) is 5.69. The number of aryl methyl sites for hydroxylation is 1. The van der Waals surface area contributed by atoms with Gasteiger partial charge in [0.2, 0.25) is 0 Å². The molecule has 0 spiro atoms. The van der Waals surface area contributed by atoms with Crippen molar-refractivity contribution in [2.45, 2.75) is 20.8 Å². The van der Waals surface area contributed by atoms with Gasteiger partial charge in [-0.1, -0.05) is 60.2 Å². The Morgan fingerprint density at radius 1 is 0.765 bits per heavy atom. The Morgan fingerprint density at radius 2 is 1.18 bits per heavy atom. The number of rotatable bonds is 1. The van der Waals surface area contributed by atoms with E-state index >= 15 is 0 Å². The van der Waals surface area contributed by atoms with E-state index in [-0.39, 0.29) is 5.78 Å². The standard InChI is InChI=1S/C13H12.C3H6O/c1-11-7-9-13(10-8-11)12-5-3-2-4-6-12;1-3(2)4/h2-10H,1H3;1-2H3. The van der Waals surface area contributed by atoms with Crippen molar-refractivity contribution in [3.63, 3.8) is 0 Å². The lowest BCUT2D eigenvalue weighted by molar-refractivity contribution is -0.114. The van der Waals surface area contributed by atoms with Crippen LogP contribution in [0.4, 0.5) is 0 Å². The summed E-state index contributed by atoms with van der Waals surface area (Å²) in [6.07, 6.45) is 0. The summed E-state index contributed by atoms with van der Waals surface area (Å²) in [6.45, 7) is 5.16. The lowest BCUT2D eigenvalue weighted by atomic mass is 10.0. The maximum atomic E-state index is 9.44. The molecule has 2 rings (SSSR count). The van der Waals surface area contributed by atoms with E-state index < -0.39 is 0 Å². The van der Waals surface area contributed by atoms with Gasteiger partial charge in [-0.05, 0) is 31.9 Å². The van der Waals surface area contributed by atoms with Crippen LogP contribution in [0.15, 0.2) is 54.6 Å². The quantitative estimate of drug-likeness (QED) is 0.710. The molecule has 0 saturated carbocycles. The number of hydrogen-bond acceptors (Lipinski definition) is 1. The molecule has 0 unspecified atom stereocenters. The van der Waals surface area contributed by atoms with Gasteiger partial charge >= 0.3 is 0 Å². The van der Waals surface area contributed by atoms with Crippen molar-refractivity contribution < 1.29 is 4.79 Å². The zero-order valence-electron chi connectivity index (χ0n) is 10.6. The van der Waals surface area contributed by atoms with Crippen LogP contribution in [0.2, 0.25) is 0 Å². The Morgan fingerprint density at radius 3 is 1.65 bits per heavy atom. The average Bonchev–Trinajstić information content (AvgIpc) is 2.30. The molecule has 2 aromatic carbocycles. The van der Waals surface area contributed by atoms with E-state index in [9.17, 15) is 4.79 Å². The highest BCUT2D eigenvalue weighted by Gasteiger charge is 1.93. The summed E-state index contributed by atoms with van der Waals surface area (Å²) in [5.74, 6) is 0.167. The third kappa shape index (κ3) is 5.12. The van der Waals surface area contributed by atoms with Gasteiger partial charge in [-0.2, -0.15) is 0 Å². The van der Waals surface area contributed by atoms with Gasteiger partial charge in [-0.3, -0.25) is 0 Å². The van der Waals surface area contributed by atoms with Crippen LogP contribution in [0.5, 0.6) is 0 Å². The molecule has 17 heavy (non-hydrogen) atoms. The number of Topliss-reactive ketones (excluding diaryl/α,β-unsaturated/α-hetero) is 1. The van der Waals surface area contributed by atoms with Crippen molar-refractivity contribution in [2.75, 3.05) is 0 Å². The van der Waals surface area contributed by atoms with Gasteiger partial charge in [-0.15, -0.1) is 0 Å². The largest absolute Gasteiger partial charge is 0.300 e. The summed E-state index contributed by atoms with van der Waals surface area (Å²) >= 11 is 0. The molecule has 0 radical (unpaired) electrons. The number of carbonyl (C=O) groups is 1. The Hall–Kier alpha value is -1.89. The summed E-state index contributed by atoms with van der Waals surface area (Å²) < 4.78 is 0. The Bertz CT molecular complexity index is 451. The molecule has 88 valence electrons. The third-order valence-corrected chi connectivity index (χ3v) is 2.16. The number of hydrogen-bond donors (Lipinski definition) is 0. The van der Waals surface area contributed by atoms with Crippen LogP contribution in [0, 0.1) is 6.92 Å². The van der Waals surface area contributed by atoms with E-state index in [1.165, 1.54) is 30.5 Å². The van der Waals surface area contributed by atoms with Crippen LogP contribution in [-0.4, -0.2) is 5.78 Å². The lowest BCUT2D eigenvalue weighted by Gasteiger charge is -2.00. The second kappa shape index (κ2) is 6.64. The SMILES string of the molecule is CC(C)=O.Cc1ccc(-c2ccccc2)cc1. The smallest absolute Gasteiger partial charge is 0.126 e. The molecule has 0 amide bonds. The third-order valence-electron chi connectivity index (χ3n) is 2.16. The Kier molecular flexibility index (Phi) is 5.15. The molecule has 0 atom stereocenters. The van der Waals surface area contributed by atoms with Crippen molar-refractivity contribution in [2.24, 2.45) is 0 Å². The van der Waals surface area contributed by atoms with Gasteiger partial charge in [-0.25, -0.2) is 0 Å². The fraction of sp³-hybridized carbons (Fsp3) is 0.188. The van der Waals surface area contributed by atoms with Crippen molar-refractivity contribution in [3.8, 4) is 11.1 Å². The van der Waals surface area contributed by atoms with Gasteiger partial charge in [0.05, 0.1) is 0 Å². The monoisotopic (exact) mass is 226 g/mol. The molecule has 2 aromatic rings. The molecule has 0 aromatic heterocycles. The van der Waals surface area contributed by atoms with Crippen molar-refractivity contribution in [1.82, 2.24) is 0 Å². The van der Waals surface area contributed by atoms with Gasteiger partial charge in [0.1, 0.15) is 5.78 Å². The van der Waals surface area contributed by atoms with Crippen LogP contribution < -0.4 is 0 Å². The minimum atomic E-state index is 0.167. The molecule has 0 bridgehead atoms. The summed E-state index contributed by atoms with van der Waals surface area (Å²) in [5, 5.41) is 0. The van der Waals surface area contributed by atoms with Crippen molar-refractivity contribution >= 4 is 5.78 Å². The van der Waals surface area contributed by atoms with Gasteiger partial charge < -0.3 is 4.79 Å². The average molecular weight is 226 g/mol.